The molecule has 0 aliphatic heterocycles. The van der Waals surface area contributed by atoms with Crippen LogP contribution < -0.4 is 4.57 Å². The van der Waals surface area contributed by atoms with Gasteiger partial charge in [-0.25, -0.2) is 9.13 Å². The number of nitrogens with zero attached hydrogens (tertiary/aromatic N) is 2. The van der Waals surface area contributed by atoms with Crippen LogP contribution >= 0.6 is 0 Å². The second-order valence-corrected chi connectivity index (χ2v) is 13.2. The molecular formula is C40H63N2+. The third-order valence-electron chi connectivity index (χ3n) is 9.13. The Morgan fingerprint density at radius 2 is 1.07 bits per heavy atom. The Kier molecular flexibility index (Phi) is 16.7. The summed E-state index contributed by atoms with van der Waals surface area (Å²) in [5, 5.41) is 0. The van der Waals surface area contributed by atoms with Gasteiger partial charge in [-0.15, -0.1) is 0 Å². The highest BCUT2D eigenvalue weighted by Gasteiger charge is 2.26. The standard InChI is InChI=1S/C40H63N2/c1-5-6-7-8-9-10-11-12-13-14-15-16-17-18-19-26-31-41-39(32-36(4)38-29-24-21-25-30-38)34-42(35(2)3)40(41)33-37-27-22-20-23-28-37/h20-25,27-30,34-36H,5-19,26,31-33H2,1-4H3/q+1. The highest BCUT2D eigenvalue weighted by atomic mass is 15.2. The number of hydrogen-bond donors (Lipinski definition) is 0. The zero-order chi connectivity index (χ0) is 29.8. The van der Waals surface area contributed by atoms with E-state index in [-0.39, 0.29) is 0 Å². The van der Waals surface area contributed by atoms with Gasteiger partial charge in [0.05, 0.1) is 19.0 Å². The van der Waals surface area contributed by atoms with Gasteiger partial charge in [0.1, 0.15) is 11.9 Å². The van der Waals surface area contributed by atoms with E-state index >= 15 is 0 Å². The van der Waals surface area contributed by atoms with E-state index in [4.69, 9.17) is 0 Å². The Balaban J connectivity index is 1.46. The van der Waals surface area contributed by atoms with Gasteiger partial charge in [0, 0.05) is 6.42 Å². The minimum absolute atomic E-state index is 0.460. The van der Waals surface area contributed by atoms with Crippen LogP contribution in [0.15, 0.2) is 66.9 Å². The molecule has 3 aromatic rings. The first kappa shape index (κ1) is 34.1. The third kappa shape index (κ3) is 12.5. The van der Waals surface area contributed by atoms with E-state index < -0.39 is 0 Å². The molecule has 3 rings (SSSR count). The van der Waals surface area contributed by atoms with E-state index in [1.165, 1.54) is 125 Å². The van der Waals surface area contributed by atoms with Crippen molar-refractivity contribution in [3.63, 3.8) is 0 Å². The van der Waals surface area contributed by atoms with Crippen LogP contribution in [0.4, 0.5) is 0 Å². The average Bonchev–Trinajstić information content (AvgIpc) is 3.34. The molecule has 1 aromatic heterocycles. The molecule has 2 aromatic carbocycles. The van der Waals surface area contributed by atoms with Crippen molar-refractivity contribution < 1.29 is 4.57 Å². The summed E-state index contributed by atoms with van der Waals surface area (Å²) < 4.78 is 5.24. The molecule has 2 heteroatoms. The maximum atomic E-state index is 2.69. The maximum absolute atomic E-state index is 2.69. The van der Waals surface area contributed by atoms with Crippen molar-refractivity contribution in [3.05, 3.63) is 89.5 Å². The minimum atomic E-state index is 0.460. The molecule has 1 unspecified atom stereocenters. The summed E-state index contributed by atoms with van der Waals surface area (Å²) in [6.07, 6.45) is 27.2. The predicted molar refractivity (Wildman–Crippen MR) is 182 cm³/mol. The lowest BCUT2D eigenvalue weighted by atomic mass is 9.96. The van der Waals surface area contributed by atoms with Crippen LogP contribution in [0.3, 0.4) is 0 Å². The number of benzene rings is 2. The summed E-state index contributed by atoms with van der Waals surface area (Å²) in [5.41, 5.74) is 4.33. The fourth-order valence-electron chi connectivity index (χ4n) is 6.49. The average molecular weight is 572 g/mol. The van der Waals surface area contributed by atoms with Gasteiger partial charge in [0.25, 0.3) is 5.82 Å². The fourth-order valence-corrected chi connectivity index (χ4v) is 6.49. The first-order valence-corrected chi connectivity index (χ1v) is 17.8. The zero-order valence-corrected chi connectivity index (χ0v) is 27.8. The summed E-state index contributed by atoms with van der Waals surface area (Å²) in [6.45, 7) is 10.5. The van der Waals surface area contributed by atoms with Crippen molar-refractivity contribution in [1.29, 1.82) is 0 Å². The molecule has 0 amide bonds. The van der Waals surface area contributed by atoms with Gasteiger partial charge in [-0.1, -0.05) is 164 Å². The largest absolute Gasteiger partial charge is 0.261 e. The topological polar surface area (TPSA) is 8.81 Å². The minimum Gasteiger partial charge on any atom is -0.232 e. The highest BCUT2D eigenvalue weighted by Crippen LogP contribution is 2.22. The molecule has 42 heavy (non-hydrogen) atoms. The van der Waals surface area contributed by atoms with Crippen molar-refractivity contribution in [2.45, 2.75) is 162 Å². The number of hydrogen-bond acceptors (Lipinski definition) is 0. The molecule has 0 saturated heterocycles. The van der Waals surface area contributed by atoms with Gasteiger partial charge >= 0.3 is 0 Å². The van der Waals surface area contributed by atoms with Crippen LogP contribution in [0.1, 0.15) is 165 Å². The van der Waals surface area contributed by atoms with Gasteiger partial charge < -0.3 is 0 Å². The smallest absolute Gasteiger partial charge is 0.232 e. The summed E-state index contributed by atoms with van der Waals surface area (Å²) in [5.74, 6) is 1.98. The Labute approximate surface area is 260 Å². The number of unbranched alkanes of at least 4 members (excludes halogenated alkanes) is 15. The molecule has 0 spiro atoms. The third-order valence-corrected chi connectivity index (χ3v) is 9.13. The Hall–Kier alpha value is -2.35. The van der Waals surface area contributed by atoms with E-state index in [0.29, 0.717) is 12.0 Å². The monoisotopic (exact) mass is 571 g/mol. The molecule has 2 nitrogen and oxygen atoms in total. The van der Waals surface area contributed by atoms with Crippen LogP contribution in [0.2, 0.25) is 0 Å². The summed E-state index contributed by atoms with van der Waals surface area (Å²) in [4.78, 5) is 0. The number of rotatable bonds is 23. The number of imidazole rings is 1. The molecule has 232 valence electrons. The molecule has 0 saturated carbocycles. The highest BCUT2D eigenvalue weighted by molar-refractivity contribution is 5.21. The second-order valence-electron chi connectivity index (χ2n) is 13.2. The summed E-state index contributed by atoms with van der Waals surface area (Å²) >= 11 is 0. The lowest BCUT2D eigenvalue weighted by Crippen LogP contribution is -2.42. The van der Waals surface area contributed by atoms with Crippen molar-refractivity contribution in [3.8, 4) is 0 Å². The zero-order valence-electron chi connectivity index (χ0n) is 27.8. The van der Waals surface area contributed by atoms with Crippen LogP contribution in [0.5, 0.6) is 0 Å². The van der Waals surface area contributed by atoms with Gasteiger partial charge in [0.2, 0.25) is 0 Å². The lowest BCUT2D eigenvalue weighted by molar-refractivity contribution is -0.710. The van der Waals surface area contributed by atoms with E-state index in [2.05, 4.69) is 104 Å². The van der Waals surface area contributed by atoms with Crippen molar-refractivity contribution in [2.75, 3.05) is 0 Å². The summed E-state index contributed by atoms with van der Waals surface area (Å²) in [6, 6.07) is 22.6. The van der Waals surface area contributed by atoms with Crippen LogP contribution in [0.25, 0.3) is 0 Å². The lowest BCUT2D eigenvalue weighted by Gasteiger charge is -2.12. The first-order valence-electron chi connectivity index (χ1n) is 17.8. The molecule has 1 heterocycles. The van der Waals surface area contributed by atoms with E-state index in [1.807, 2.05) is 0 Å². The van der Waals surface area contributed by atoms with Gasteiger partial charge in [-0.05, 0) is 43.7 Å². The maximum Gasteiger partial charge on any atom is 0.261 e. The Morgan fingerprint density at radius 3 is 1.57 bits per heavy atom. The van der Waals surface area contributed by atoms with E-state index in [9.17, 15) is 0 Å². The van der Waals surface area contributed by atoms with Gasteiger partial charge in [-0.3, -0.25) is 0 Å². The molecule has 0 radical (unpaired) electrons. The van der Waals surface area contributed by atoms with Crippen LogP contribution in [-0.4, -0.2) is 4.57 Å². The number of aromatic nitrogens is 2. The second kappa shape index (κ2) is 20.5. The van der Waals surface area contributed by atoms with Gasteiger partial charge in [0.15, 0.2) is 0 Å². The molecule has 1 atom stereocenters. The molecule has 0 N–H and O–H groups in total. The normalized spacial score (nSPS) is 12.3. The van der Waals surface area contributed by atoms with E-state index in [0.717, 1.165) is 19.4 Å². The molecule has 0 fully saturated rings. The van der Waals surface area contributed by atoms with Gasteiger partial charge in [-0.2, -0.15) is 0 Å². The SMILES string of the molecule is CCCCCCCCCCCCCCCCCC[n+]1c(CC(C)c2ccccc2)cn(C(C)C)c1Cc1ccccc1. The van der Waals surface area contributed by atoms with E-state index in [1.54, 1.807) is 0 Å². The van der Waals surface area contributed by atoms with Crippen LogP contribution in [0, 0.1) is 0 Å². The van der Waals surface area contributed by atoms with Crippen LogP contribution in [-0.2, 0) is 19.4 Å². The molecule has 0 aliphatic carbocycles. The predicted octanol–water partition coefficient (Wildman–Crippen LogP) is 11.6. The Morgan fingerprint density at radius 1 is 0.595 bits per heavy atom. The van der Waals surface area contributed by atoms with Crippen molar-refractivity contribution >= 4 is 0 Å². The molecule has 0 bridgehead atoms. The Bertz CT molecular complexity index is 1070. The summed E-state index contributed by atoms with van der Waals surface area (Å²) in [7, 11) is 0. The molecular weight excluding hydrogens is 508 g/mol. The quantitative estimate of drug-likeness (QED) is 0.0790. The first-order chi connectivity index (χ1) is 20.6. The fraction of sp³-hybridized carbons (Fsp3) is 0.625. The van der Waals surface area contributed by atoms with Crippen molar-refractivity contribution in [1.82, 2.24) is 4.57 Å². The van der Waals surface area contributed by atoms with Crippen molar-refractivity contribution in [2.24, 2.45) is 0 Å². The molecule has 0 aliphatic rings.